The van der Waals surface area contributed by atoms with Gasteiger partial charge in [-0.1, -0.05) is 0 Å². The Morgan fingerprint density at radius 3 is 2.19 bits per heavy atom. The maximum atomic E-state index is 12.0. The number of ether oxygens (including phenoxy) is 1. The van der Waals surface area contributed by atoms with Crippen molar-refractivity contribution >= 4 is 19.3 Å². The molecule has 1 atom stereocenters. The summed E-state index contributed by atoms with van der Waals surface area (Å²) in [7, 11) is -1.07. The zero-order valence-electron chi connectivity index (χ0n) is 9.98. The van der Waals surface area contributed by atoms with Crippen LogP contribution in [0.25, 0.3) is 0 Å². The lowest BCUT2D eigenvalue weighted by molar-refractivity contribution is -0.116. The van der Waals surface area contributed by atoms with Crippen molar-refractivity contribution in [2.75, 3.05) is 20.8 Å². The first-order valence-corrected chi connectivity index (χ1v) is 6.44. The second-order valence-corrected chi connectivity index (χ2v) is 5.53. The van der Waals surface area contributed by atoms with Crippen LogP contribution in [0, 0.1) is 5.41 Å². The summed E-state index contributed by atoms with van der Waals surface area (Å²) in [4.78, 5) is 11.4. The van der Waals surface area contributed by atoms with Gasteiger partial charge in [-0.3, -0.25) is 14.8 Å². The molecule has 16 heavy (non-hydrogen) atoms. The van der Waals surface area contributed by atoms with Crippen molar-refractivity contribution < 1.29 is 23.1 Å². The molecule has 0 rings (SSSR count). The molecule has 0 aliphatic carbocycles. The molecule has 1 unspecified atom stereocenters. The van der Waals surface area contributed by atoms with Crippen LogP contribution in [-0.2, 0) is 23.1 Å². The fourth-order valence-corrected chi connectivity index (χ4v) is 2.71. The lowest BCUT2D eigenvalue weighted by Crippen LogP contribution is -2.24. The van der Waals surface area contributed by atoms with E-state index in [0.717, 1.165) is 0 Å². The molecule has 0 fully saturated rings. The maximum absolute atomic E-state index is 12.0. The lowest BCUT2D eigenvalue weighted by Gasteiger charge is -2.22. The average molecular weight is 251 g/mol. The summed E-state index contributed by atoms with van der Waals surface area (Å²) in [6.45, 7) is 3.34. The van der Waals surface area contributed by atoms with Crippen LogP contribution >= 0.6 is 7.60 Å². The number of carbonyl (C=O) groups is 1. The van der Waals surface area contributed by atoms with E-state index in [0.29, 0.717) is 6.61 Å². The van der Waals surface area contributed by atoms with E-state index in [1.54, 1.807) is 6.92 Å². The largest absolute Gasteiger partial charge is 0.481 e. The lowest BCUT2D eigenvalue weighted by atomic mass is 10.2. The highest BCUT2D eigenvalue weighted by Gasteiger charge is 2.38. The van der Waals surface area contributed by atoms with Crippen molar-refractivity contribution in [3.05, 3.63) is 0 Å². The Hall–Kier alpha value is -0.710. The van der Waals surface area contributed by atoms with E-state index in [2.05, 4.69) is 0 Å². The van der Waals surface area contributed by atoms with Crippen molar-refractivity contribution in [2.24, 2.45) is 0 Å². The molecular formula is C9H18NO5P. The number of hydrogen-bond donors (Lipinski definition) is 1. The summed E-state index contributed by atoms with van der Waals surface area (Å²) < 4.78 is 26.4. The van der Waals surface area contributed by atoms with E-state index in [4.69, 9.17) is 19.2 Å². The number of Topliss-reactive ketones (excluding diaryl/α,β-unsaturated/α-hetero) is 1. The van der Waals surface area contributed by atoms with Crippen LogP contribution in [-0.4, -0.2) is 38.2 Å². The SMILES string of the molecule is CCOC(=N)CC(C(C)=O)P(=O)(OC)OC. The van der Waals surface area contributed by atoms with Crippen LogP contribution < -0.4 is 0 Å². The molecule has 94 valence electrons. The van der Waals surface area contributed by atoms with Crippen LogP contribution in [0.3, 0.4) is 0 Å². The normalized spacial score (nSPS) is 13.2. The van der Waals surface area contributed by atoms with Crippen LogP contribution in [0.4, 0.5) is 0 Å². The summed E-state index contributed by atoms with van der Waals surface area (Å²) in [5, 5.41) is 7.44. The van der Waals surface area contributed by atoms with Gasteiger partial charge in [0.25, 0.3) is 0 Å². The van der Waals surface area contributed by atoms with Crippen LogP contribution in [0.2, 0.25) is 0 Å². The number of ketones is 1. The third-order valence-electron chi connectivity index (χ3n) is 2.06. The van der Waals surface area contributed by atoms with Gasteiger partial charge in [-0.15, -0.1) is 0 Å². The summed E-state index contributed by atoms with van der Waals surface area (Å²) in [6.07, 6.45) is -0.0812. The number of nitrogens with one attached hydrogen (secondary N) is 1. The third-order valence-corrected chi connectivity index (χ3v) is 4.38. The quantitative estimate of drug-likeness (QED) is 0.424. The molecule has 0 aromatic heterocycles. The molecule has 0 saturated heterocycles. The molecule has 0 radical (unpaired) electrons. The van der Waals surface area contributed by atoms with Gasteiger partial charge in [0.1, 0.15) is 11.4 Å². The molecule has 0 saturated carbocycles. The minimum atomic E-state index is -3.50. The molecule has 0 heterocycles. The molecule has 6 nitrogen and oxygen atoms in total. The number of rotatable bonds is 7. The Labute approximate surface area is 95.3 Å². The van der Waals surface area contributed by atoms with Crippen molar-refractivity contribution in [1.82, 2.24) is 0 Å². The zero-order valence-corrected chi connectivity index (χ0v) is 10.9. The Balaban J connectivity index is 4.81. The van der Waals surface area contributed by atoms with Gasteiger partial charge in [0.15, 0.2) is 5.90 Å². The van der Waals surface area contributed by atoms with E-state index in [-0.39, 0.29) is 18.1 Å². The smallest absolute Gasteiger partial charge is 0.341 e. The van der Waals surface area contributed by atoms with Crippen molar-refractivity contribution in [3.8, 4) is 0 Å². The van der Waals surface area contributed by atoms with Gasteiger partial charge in [-0.05, 0) is 13.8 Å². The summed E-state index contributed by atoms with van der Waals surface area (Å²) >= 11 is 0. The molecular weight excluding hydrogens is 233 g/mol. The van der Waals surface area contributed by atoms with Gasteiger partial charge in [-0.25, -0.2) is 0 Å². The summed E-state index contributed by atoms with van der Waals surface area (Å²) in [6, 6.07) is 0. The van der Waals surface area contributed by atoms with Crippen molar-refractivity contribution in [3.63, 3.8) is 0 Å². The minimum Gasteiger partial charge on any atom is -0.481 e. The Bertz CT molecular complexity index is 296. The van der Waals surface area contributed by atoms with Crippen molar-refractivity contribution in [1.29, 1.82) is 5.41 Å². The topological polar surface area (TPSA) is 85.7 Å². The van der Waals surface area contributed by atoms with E-state index < -0.39 is 13.3 Å². The van der Waals surface area contributed by atoms with Crippen molar-refractivity contribution in [2.45, 2.75) is 25.9 Å². The van der Waals surface area contributed by atoms with Crippen LogP contribution in [0.5, 0.6) is 0 Å². The van der Waals surface area contributed by atoms with Gasteiger partial charge >= 0.3 is 7.60 Å². The first-order chi connectivity index (χ1) is 7.41. The Morgan fingerprint density at radius 1 is 1.38 bits per heavy atom. The molecule has 0 aromatic carbocycles. The molecule has 0 aromatic rings. The van der Waals surface area contributed by atoms with E-state index in [1.165, 1.54) is 21.1 Å². The van der Waals surface area contributed by atoms with E-state index in [9.17, 15) is 9.36 Å². The zero-order chi connectivity index (χ0) is 12.8. The monoisotopic (exact) mass is 251 g/mol. The summed E-state index contributed by atoms with van der Waals surface area (Å²) in [5.41, 5.74) is -0.985. The molecule has 0 spiro atoms. The van der Waals surface area contributed by atoms with Gasteiger partial charge in [0.2, 0.25) is 0 Å². The molecule has 0 aliphatic rings. The molecule has 0 amide bonds. The van der Waals surface area contributed by atoms with Crippen LogP contribution in [0.1, 0.15) is 20.3 Å². The van der Waals surface area contributed by atoms with Gasteiger partial charge in [0.05, 0.1) is 6.61 Å². The fraction of sp³-hybridized carbons (Fsp3) is 0.778. The highest BCUT2D eigenvalue weighted by atomic mass is 31.2. The third kappa shape index (κ3) is 4.04. The van der Waals surface area contributed by atoms with Gasteiger partial charge < -0.3 is 13.8 Å². The first kappa shape index (κ1) is 15.3. The van der Waals surface area contributed by atoms with E-state index in [1.807, 2.05) is 0 Å². The maximum Gasteiger partial charge on any atom is 0.341 e. The predicted octanol–water partition coefficient (Wildman–Crippen LogP) is 1.83. The molecule has 7 heteroatoms. The Morgan fingerprint density at radius 2 is 1.88 bits per heavy atom. The van der Waals surface area contributed by atoms with Crippen LogP contribution in [0.15, 0.2) is 0 Å². The van der Waals surface area contributed by atoms with E-state index >= 15 is 0 Å². The molecule has 0 aliphatic heterocycles. The number of hydrogen-bond acceptors (Lipinski definition) is 6. The first-order valence-electron chi connectivity index (χ1n) is 4.83. The average Bonchev–Trinajstić information content (AvgIpc) is 2.25. The summed E-state index contributed by atoms with van der Waals surface area (Å²) in [5.74, 6) is -0.450. The van der Waals surface area contributed by atoms with Gasteiger partial charge in [0, 0.05) is 20.6 Å². The molecule has 1 N–H and O–H groups in total. The second-order valence-electron chi connectivity index (χ2n) is 3.09. The predicted molar refractivity (Wildman–Crippen MR) is 60.1 cm³/mol. The highest BCUT2D eigenvalue weighted by Crippen LogP contribution is 2.53. The second kappa shape index (κ2) is 6.78. The number of carbonyl (C=O) groups excluding carboxylic acids is 1. The minimum absolute atomic E-state index is 0.0812. The standard InChI is InChI=1S/C9H18NO5P/c1-5-15-9(10)6-8(7(2)11)16(12,13-3)14-4/h8,10H,5-6H2,1-4H3. The van der Waals surface area contributed by atoms with Gasteiger partial charge in [-0.2, -0.15) is 0 Å². The fourth-order valence-electron chi connectivity index (χ4n) is 1.22. The molecule has 0 bridgehead atoms. The Kier molecular flexibility index (Phi) is 6.48. The highest BCUT2D eigenvalue weighted by molar-refractivity contribution is 7.55.